The standard InChI is InChI=1S/C17H16F3NO5S/c18-17(19,20)14-6-1-2-7-15(14)27(24,25)26-11-21-9-8-12-4-3-5-13(10-12)16(22)23/h1-7,10,21H,8-9,11H2,(H,22,23). The van der Waals surface area contributed by atoms with Crippen molar-refractivity contribution in [3.8, 4) is 0 Å². The predicted octanol–water partition coefficient (Wildman–Crippen LogP) is 2.90. The van der Waals surface area contributed by atoms with Gasteiger partial charge in [0.15, 0.2) is 0 Å². The van der Waals surface area contributed by atoms with E-state index in [1.165, 1.54) is 18.2 Å². The van der Waals surface area contributed by atoms with Crippen LogP contribution < -0.4 is 5.32 Å². The van der Waals surface area contributed by atoms with Gasteiger partial charge in [-0.3, -0.25) is 9.50 Å². The third kappa shape index (κ3) is 5.78. The van der Waals surface area contributed by atoms with Gasteiger partial charge in [0.2, 0.25) is 0 Å². The van der Waals surface area contributed by atoms with Gasteiger partial charge >= 0.3 is 12.1 Å². The number of carboxylic acid groups (broad SMARTS) is 1. The minimum atomic E-state index is -4.82. The molecular formula is C17H16F3NO5S. The van der Waals surface area contributed by atoms with Crippen molar-refractivity contribution in [2.45, 2.75) is 17.5 Å². The number of hydrogen-bond acceptors (Lipinski definition) is 5. The molecule has 0 fully saturated rings. The Kier molecular flexibility index (Phi) is 6.58. The molecule has 0 saturated heterocycles. The molecule has 0 radical (unpaired) electrons. The topological polar surface area (TPSA) is 92.7 Å². The van der Waals surface area contributed by atoms with Gasteiger partial charge in [0.25, 0.3) is 10.1 Å². The first-order valence-corrected chi connectivity index (χ1v) is 9.11. The van der Waals surface area contributed by atoms with Crippen molar-refractivity contribution in [2.24, 2.45) is 0 Å². The third-order valence-corrected chi connectivity index (χ3v) is 4.87. The Morgan fingerprint density at radius 3 is 2.48 bits per heavy atom. The Bertz CT molecular complexity index is 913. The minimum absolute atomic E-state index is 0.120. The largest absolute Gasteiger partial charge is 0.478 e. The van der Waals surface area contributed by atoms with E-state index in [0.29, 0.717) is 18.1 Å². The van der Waals surface area contributed by atoms with Crippen LogP contribution in [-0.2, 0) is 26.9 Å². The van der Waals surface area contributed by atoms with Gasteiger partial charge < -0.3 is 5.11 Å². The van der Waals surface area contributed by atoms with Crippen LogP contribution in [0.3, 0.4) is 0 Å². The van der Waals surface area contributed by atoms with Crippen LogP contribution in [0, 0.1) is 0 Å². The number of carbonyl (C=O) groups is 1. The summed E-state index contributed by atoms with van der Waals surface area (Å²) in [5.41, 5.74) is -0.474. The Labute approximate surface area is 153 Å². The van der Waals surface area contributed by atoms with Crippen molar-refractivity contribution in [3.05, 3.63) is 65.2 Å². The first-order valence-electron chi connectivity index (χ1n) is 7.70. The van der Waals surface area contributed by atoms with Crippen LogP contribution in [0.1, 0.15) is 21.5 Å². The lowest BCUT2D eigenvalue weighted by Gasteiger charge is -2.13. The normalized spacial score (nSPS) is 12.1. The monoisotopic (exact) mass is 403 g/mol. The highest BCUT2D eigenvalue weighted by Gasteiger charge is 2.37. The molecule has 2 rings (SSSR count). The number of benzene rings is 2. The summed E-state index contributed by atoms with van der Waals surface area (Å²) in [6.07, 6.45) is -4.45. The van der Waals surface area contributed by atoms with Gasteiger partial charge in [-0.1, -0.05) is 24.3 Å². The molecular weight excluding hydrogens is 387 g/mol. The fraction of sp³-hybridized carbons (Fsp3) is 0.235. The molecule has 27 heavy (non-hydrogen) atoms. The zero-order chi connectivity index (χ0) is 20.1. The molecule has 0 aromatic heterocycles. The lowest BCUT2D eigenvalue weighted by Crippen LogP contribution is -2.24. The number of rotatable bonds is 8. The average Bonchev–Trinajstić information content (AvgIpc) is 2.61. The third-order valence-electron chi connectivity index (χ3n) is 3.54. The smallest absolute Gasteiger partial charge is 0.417 e. The lowest BCUT2D eigenvalue weighted by atomic mass is 10.1. The van der Waals surface area contributed by atoms with Crippen LogP contribution in [0.5, 0.6) is 0 Å². The van der Waals surface area contributed by atoms with Gasteiger partial charge in [-0.15, -0.1) is 0 Å². The van der Waals surface area contributed by atoms with Crippen molar-refractivity contribution in [1.29, 1.82) is 0 Å². The Balaban J connectivity index is 1.92. The zero-order valence-electron chi connectivity index (χ0n) is 13.9. The Morgan fingerprint density at radius 2 is 1.81 bits per heavy atom. The summed E-state index contributed by atoms with van der Waals surface area (Å²) in [4.78, 5) is 9.94. The molecule has 0 amide bonds. The van der Waals surface area contributed by atoms with Crippen molar-refractivity contribution >= 4 is 16.1 Å². The van der Waals surface area contributed by atoms with Crippen LogP contribution >= 0.6 is 0 Å². The molecule has 0 saturated carbocycles. The first kappa shape index (κ1) is 20.9. The van der Waals surface area contributed by atoms with Crippen molar-refractivity contribution in [1.82, 2.24) is 5.32 Å². The minimum Gasteiger partial charge on any atom is -0.478 e. The molecule has 0 aliphatic carbocycles. The molecule has 0 bridgehead atoms. The molecule has 2 aromatic rings. The van der Waals surface area contributed by atoms with Gasteiger partial charge in [0.05, 0.1) is 11.1 Å². The van der Waals surface area contributed by atoms with E-state index in [1.54, 1.807) is 12.1 Å². The highest BCUT2D eigenvalue weighted by Crippen LogP contribution is 2.34. The molecule has 146 valence electrons. The zero-order valence-corrected chi connectivity index (χ0v) is 14.7. The Hall–Kier alpha value is -2.43. The van der Waals surface area contributed by atoms with Gasteiger partial charge in [-0.25, -0.2) is 4.79 Å². The Morgan fingerprint density at radius 1 is 1.11 bits per heavy atom. The van der Waals surface area contributed by atoms with Crippen molar-refractivity contribution < 1.29 is 35.7 Å². The summed E-state index contributed by atoms with van der Waals surface area (Å²) in [6.45, 7) is -0.285. The van der Waals surface area contributed by atoms with Crippen molar-refractivity contribution in [2.75, 3.05) is 13.3 Å². The maximum Gasteiger partial charge on any atom is 0.417 e. The summed E-state index contributed by atoms with van der Waals surface area (Å²) in [7, 11) is -4.60. The van der Waals surface area contributed by atoms with E-state index < -0.39 is 39.5 Å². The van der Waals surface area contributed by atoms with Crippen LogP contribution in [-0.4, -0.2) is 32.8 Å². The molecule has 0 spiro atoms. The molecule has 2 N–H and O–H groups in total. The molecule has 0 aliphatic rings. The molecule has 2 aromatic carbocycles. The quantitative estimate of drug-likeness (QED) is 0.400. The van der Waals surface area contributed by atoms with Gasteiger partial charge in [0, 0.05) is 6.54 Å². The SMILES string of the molecule is O=C(O)c1cccc(CCNCOS(=O)(=O)c2ccccc2C(F)(F)F)c1. The molecule has 0 heterocycles. The second-order valence-electron chi connectivity index (χ2n) is 5.47. The highest BCUT2D eigenvalue weighted by molar-refractivity contribution is 7.86. The number of alkyl halides is 3. The summed E-state index contributed by atoms with van der Waals surface area (Å²) in [6, 6.07) is 9.95. The summed E-state index contributed by atoms with van der Waals surface area (Å²) >= 11 is 0. The maximum absolute atomic E-state index is 12.9. The van der Waals surface area contributed by atoms with Gasteiger partial charge in [0.1, 0.15) is 11.6 Å². The second-order valence-corrected chi connectivity index (χ2v) is 7.05. The lowest BCUT2D eigenvalue weighted by molar-refractivity contribution is -0.140. The van der Waals surface area contributed by atoms with E-state index in [4.69, 9.17) is 5.11 Å². The highest BCUT2D eigenvalue weighted by atomic mass is 32.2. The molecule has 0 atom stereocenters. The van der Waals surface area contributed by atoms with Crippen LogP contribution in [0.25, 0.3) is 0 Å². The van der Waals surface area contributed by atoms with Crippen molar-refractivity contribution in [3.63, 3.8) is 0 Å². The van der Waals surface area contributed by atoms with E-state index >= 15 is 0 Å². The number of carboxylic acids is 1. The molecule has 6 nitrogen and oxygen atoms in total. The number of halogens is 3. The van der Waals surface area contributed by atoms with E-state index in [0.717, 1.165) is 12.1 Å². The second kappa shape index (κ2) is 8.51. The van der Waals surface area contributed by atoms with E-state index in [9.17, 15) is 26.4 Å². The van der Waals surface area contributed by atoms with E-state index in [1.807, 2.05) is 0 Å². The maximum atomic E-state index is 12.9. The fourth-order valence-corrected chi connectivity index (χ4v) is 3.33. The van der Waals surface area contributed by atoms with Crippen LogP contribution in [0.2, 0.25) is 0 Å². The van der Waals surface area contributed by atoms with Gasteiger partial charge in [-0.05, 0) is 36.2 Å². The number of nitrogens with one attached hydrogen (secondary N) is 1. The summed E-state index contributed by atoms with van der Waals surface area (Å²) < 4.78 is 67.4. The van der Waals surface area contributed by atoms with E-state index in [2.05, 4.69) is 9.50 Å². The number of aromatic carboxylic acids is 1. The molecule has 0 aliphatic heterocycles. The summed E-state index contributed by atoms with van der Waals surface area (Å²) in [5.74, 6) is -1.07. The van der Waals surface area contributed by atoms with Crippen LogP contribution in [0.15, 0.2) is 53.4 Å². The summed E-state index contributed by atoms with van der Waals surface area (Å²) in [5, 5.41) is 11.6. The van der Waals surface area contributed by atoms with Gasteiger partial charge in [-0.2, -0.15) is 21.6 Å². The fourth-order valence-electron chi connectivity index (χ4n) is 2.27. The molecule has 0 unspecified atom stereocenters. The average molecular weight is 403 g/mol. The predicted molar refractivity (Wildman–Crippen MR) is 89.7 cm³/mol. The molecule has 10 heteroatoms. The van der Waals surface area contributed by atoms with Crippen LogP contribution in [0.4, 0.5) is 13.2 Å². The number of hydrogen-bond donors (Lipinski definition) is 2. The van der Waals surface area contributed by atoms with E-state index in [-0.39, 0.29) is 12.1 Å². The first-order chi connectivity index (χ1) is 12.6.